The summed E-state index contributed by atoms with van der Waals surface area (Å²) in [6, 6.07) is 12.9. The van der Waals surface area contributed by atoms with Crippen molar-refractivity contribution in [2.24, 2.45) is 0 Å². The number of hydrogen-bond donors (Lipinski definition) is 1. The number of aromatic hydroxyl groups is 1. The average molecular weight is 450 g/mol. The van der Waals surface area contributed by atoms with Crippen molar-refractivity contribution in [3.8, 4) is 5.75 Å². The second-order valence-electron chi connectivity index (χ2n) is 13.4. The summed E-state index contributed by atoms with van der Waals surface area (Å²) in [5, 5.41) is 11.5. The molecule has 0 heterocycles. The summed E-state index contributed by atoms with van der Waals surface area (Å²) in [6.07, 6.45) is 2.13. The molecule has 1 nitrogen and oxygen atoms in total. The summed E-state index contributed by atoms with van der Waals surface area (Å²) in [5.74, 6) is 0.490. The van der Waals surface area contributed by atoms with Crippen LogP contribution in [-0.2, 0) is 21.7 Å². The monoisotopic (exact) mass is 449 g/mol. The van der Waals surface area contributed by atoms with Crippen molar-refractivity contribution in [2.75, 3.05) is 0 Å². The molecule has 1 radical (unpaired) electrons. The molecule has 0 aliphatic carbocycles. The summed E-state index contributed by atoms with van der Waals surface area (Å²) >= 11 is 0. The van der Waals surface area contributed by atoms with E-state index in [0.29, 0.717) is 5.75 Å². The number of benzene rings is 2. The highest BCUT2D eigenvalue weighted by atomic mass is 16.3. The van der Waals surface area contributed by atoms with Gasteiger partial charge in [-0.05, 0) is 68.4 Å². The lowest BCUT2D eigenvalue weighted by atomic mass is 9.73. The van der Waals surface area contributed by atoms with Crippen LogP contribution in [0.1, 0.15) is 142 Å². The van der Waals surface area contributed by atoms with Crippen LogP contribution in [0.3, 0.4) is 0 Å². The molecular formula is C32H49O. The predicted octanol–water partition coefficient (Wildman–Crippen LogP) is 9.31. The molecule has 0 amide bonds. The highest BCUT2D eigenvalue weighted by Crippen LogP contribution is 2.44. The largest absolute Gasteiger partial charge is 0.507 e. The van der Waals surface area contributed by atoms with Gasteiger partial charge in [0.2, 0.25) is 0 Å². The first-order valence-corrected chi connectivity index (χ1v) is 12.8. The number of rotatable bonds is 6. The van der Waals surface area contributed by atoms with Crippen LogP contribution >= 0.6 is 0 Å². The van der Waals surface area contributed by atoms with Crippen LogP contribution in [-0.4, -0.2) is 5.11 Å². The van der Waals surface area contributed by atoms with E-state index in [1.54, 1.807) is 0 Å². The Kier molecular flexibility index (Phi) is 7.60. The normalized spacial score (nSPS) is 14.5. The Morgan fingerprint density at radius 3 is 1.64 bits per heavy atom. The predicted molar refractivity (Wildman–Crippen MR) is 145 cm³/mol. The van der Waals surface area contributed by atoms with Gasteiger partial charge in [0.25, 0.3) is 0 Å². The molecule has 0 spiro atoms. The Morgan fingerprint density at radius 1 is 0.727 bits per heavy atom. The standard InChI is InChI=1S/C32H49O/c1-14-31(10,11)24-17-22(16-23(18-24)29(4,5)6)21(3)26-19-25(32(12,13)15-2)20-27(28(26)33)30(7,8)9/h17-21,33H,14-15H2,1-13H3. The summed E-state index contributed by atoms with van der Waals surface area (Å²) in [7, 11) is 0. The van der Waals surface area contributed by atoms with Gasteiger partial charge in [-0.3, -0.25) is 0 Å². The van der Waals surface area contributed by atoms with Crippen molar-refractivity contribution >= 4 is 0 Å². The van der Waals surface area contributed by atoms with Crippen LogP contribution < -0.4 is 0 Å². The fourth-order valence-electron chi connectivity index (χ4n) is 4.15. The van der Waals surface area contributed by atoms with Gasteiger partial charge in [-0.2, -0.15) is 0 Å². The van der Waals surface area contributed by atoms with Gasteiger partial charge in [-0.1, -0.05) is 114 Å². The first-order chi connectivity index (χ1) is 14.8. The quantitative estimate of drug-likeness (QED) is 0.466. The third-order valence-electron chi connectivity index (χ3n) is 7.91. The van der Waals surface area contributed by atoms with Crippen LogP contribution in [0.15, 0.2) is 24.3 Å². The molecule has 0 saturated carbocycles. The lowest BCUT2D eigenvalue weighted by molar-refractivity contribution is 0.434. The Bertz CT molecular complexity index is 977. The van der Waals surface area contributed by atoms with Gasteiger partial charge >= 0.3 is 0 Å². The topological polar surface area (TPSA) is 20.2 Å². The van der Waals surface area contributed by atoms with Gasteiger partial charge in [0, 0.05) is 11.5 Å². The minimum atomic E-state index is -0.134. The highest BCUT2D eigenvalue weighted by molar-refractivity contribution is 5.53. The lowest BCUT2D eigenvalue weighted by Gasteiger charge is -2.32. The van der Waals surface area contributed by atoms with E-state index in [2.05, 4.69) is 120 Å². The molecule has 0 fully saturated rings. The molecule has 2 aromatic rings. The maximum absolute atomic E-state index is 11.5. The van der Waals surface area contributed by atoms with Crippen LogP contribution in [0.5, 0.6) is 5.75 Å². The smallest absolute Gasteiger partial charge is 0.123 e. The molecular weight excluding hydrogens is 400 g/mol. The number of phenolic OH excluding ortho intramolecular Hbond substituents is 1. The molecule has 0 saturated heterocycles. The first kappa shape index (κ1) is 27.5. The summed E-state index contributed by atoms with van der Waals surface area (Å²) in [4.78, 5) is 0. The van der Waals surface area contributed by atoms with E-state index in [0.717, 1.165) is 24.0 Å². The molecule has 0 bridgehead atoms. The van der Waals surface area contributed by atoms with Crippen LogP contribution in [0.2, 0.25) is 0 Å². The molecule has 1 heteroatoms. The Morgan fingerprint density at radius 2 is 1.21 bits per heavy atom. The minimum absolute atomic E-state index is 0.0129. The van der Waals surface area contributed by atoms with Crippen molar-refractivity contribution in [1.29, 1.82) is 0 Å². The third kappa shape index (κ3) is 5.84. The van der Waals surface area contributed by atoms with E-state index in [1.165, 1.54) is 22.3 Å². The molecule has 2 aromatic carbocycles. The van der Waals surface area contributed by atoms with E-state index in [4.69, 9.17) is 0 Å². The Labute approximate surface area is 205 Å². The van der Waals surface area contributed by atoms with Gasteiger partial charge in [0.1, 0.15) is 5.75 Å². The highest BCUT2D eigenvalue weighted by Gasteiger charge is 2.30. The van der Waals surface area contributed by atoms with Crippen LogP contribution in [0, 0.1) is 6.07 Å². The van der Waals surface area contributed by atoms with Gasteiger partial charge in [0.05, 0.1) is 0 Å². The zero-order valence-electron chi connectivity index (χ0n) is 23.7. The van der Waals surface area contributed by atoms with Gasteiger partial charge < -0.3 is 5.11 Å². The average Bonchev–Trinajstić information content (AvgIpc) is 2.71. The molecule has 1 unspecified atom stereocenters. The fourth-order valence-corrected chi connectivity index (χ4v) is 4.15. The van der Waals surface area contributed by atoms with Crippen molar-refractivity contribution in [2.45, 2.75) is 130 Å². The van der Waals surface area contributed by atoms with Crippen molar-refractivity contribution < 1.29 is 5.11 Å². The first-order valence-electron chi connectivity index (χ1n) is 12.8. The van der Waals surface area contributed by atoms with Crippen molar-refractivity contribution in [3.63, 3.8) is 0 Å². The SMILES string of the molecule is CCC(C)(C)c1cc(C(C)c2cc(C(C)(C)CC)cc(C(C)(C)C)c2O)[c]c(C(C)(C)C)c1. The number of phenols is 1. The van der Waals surface area contributed by atoms with Crippen LogP contribution in [0.4, 0.5) is 0 Å². The van der Waals surface area contributed by atoms with Gasteiger partial charge in [0.15, 0.2) is 0 Å². The third-order valence-corrected chi connectivity index (χ3v) is 7.91. The van der Waals surface area contributed by atoms with Crippen LogP contribution in [0.25, 0.3) is 0 Å². The van der Waals surface area contributed by atoms with Gasteiger partial charge in [-0.25, -0.2) is 0 Å². The van der Waals surface area contributed by atoms with Gasteiger partial charge in [-0.15, -0.1) is 0 Å². The van der Waals surface area contributed by atoms with E-state index in [9.17, 15) is 5.11 Å². The fraction of sp³-hybridized carbons (Fsp3) is 0.625. The Hall–Kier alpha value is -1.76. The Balaban J connectivity index is 2.83. The molecule has 33 heavy (non-hydrogen) atoms. The molecule has 1 atom stereocenters. The molecule has 0 aliphatic heterocycles. The summed E-state index contributed by atoms with van der Waals surface area (Å²) in [5.41, 5.74) is 7.13. The van der Waals surface area contributed by atoms with Crippen molar-refractivity contribution in [3.05, 3.63) is 63.7 Å². The second-order valence-corrected chi connectivity index (χ2v) is 13.4. The lowest BCUT2D eigenvalue weighted by Crippen LogP contribution is -2.21. The van der Waals surface area contributed by atoms with Crippen molar-refractivity contribution in [1.82, 2.24) is 0 Å². The number of hydrogen-bond acceptors (Lipinski definition) is 1. The van der Waals surface area contributed by atoms with E-state index < -0.39 is 0 Å². The molecule has 0 aliphatic rings. The van der Waals surface area contributed by atoms with E-state index >= 15 is 0 Å². The minimum Gasteiger partial charge on any atom is -0.507 e. The molecule has 183 valence electrons. The zero-order valence-corrected chi connectivity index (χ0v) is 23.7. The molecule has 0 aromatic heterocycles. The summed E-state index contributed by atoms with van der Waals surface area (Å²) in [6.45, 7) is 29.3. The zero-order chi connectivity index (χ0) is 25.6. The van der Waals surface area contributed by atoms with E-state index in [-0.39, 0.29) is 27.6 Å². The molecule has 1 N–H and O–H groups in total. The van der Waals surface area contributed by atoms with E-state index in [1.807, 2.05) is 0 Å². The maximum Gasteiger partial charge on any atom is 0.123 e. The molecule has 2 rings (SSSR count). The second kappa shape index (κ2) is 9.12. The maximum atomic E-state index is 11.5. The summed E-state index contributed by atoms with van der Waals surface area (Å²) < 4.78 is 0.